The van der Waals surface area contributed by atoms with E-state index >= 15 is 0 Å². The number of hydrogen-bond acceptors (Lipinski definition) is 6. The van der Waals surface area contributed by atoms with Crippen LogP contribution in [0.2, 0.25) is 0 Å². The van der Waals surface area contributed by atoms with Crippen molar-refractivity contribution < 1.29 is 4.92 Å². The Morgan fingerprint density at radius 3 is 2.71 bits per heavy atom. The van der Waals surface area contributed by atoms with Gasteiger partial charge in [0.1, 0.15) is 6.20 Å². The van der Waals surface area contributed by atoms with Gasteiger partial charge in [-0.3, -0.25) is 10.1 Å². The second-order valence-electron chi connectivity index (χ2n) is 5.11. The van der Waals surface area contributed by atoms with Gasteiger partial charge in [0.2, 0.25) is 11.8 Å². The summed E-state index contributed by atoms with van der Waals surface area (Å²) < 4.78 is 0. The van der Waals surface area contributed by atoms with Crippen molar-refractivity contribution in [3.05, 3.63) is 16.3 Å². The summed E-state index contributed by atoms with van der Waals surface area (Å²) in [6, 6.07) is 0.143. The lowest BCUT2D eigenvalue weighted by Gasteiger charge is -2.14. The Balaban J connectivity index is 2.69. The van der Waals surface area contributed by atoms with Crippen molar-refractivity contribution in [2.24, 2.45) is 0 Å². The summed E-state index contributed by atoms with van der Waals surface area (Å²) >= 11 is 0. The van der Waals surface area contributed by atoms with E-state index in [0.717, 1.165) is 12.8 Å². The number of anilines is 2. The van der Waals surface area contributed by atoms with Crippen molar-refractivity contribution in [1.29, 1.82) is 0 Å². The van der Waals surface area contributed by atoms with Gasteiger partial charge in [0.25, 0.3) is 0 Å². The lowest BCUT2D eigenvalue weighted by atomic mass is 10.1. The van der Waals surface area contributed by atoms with Crippen LogP contribution in [-0.2, 0) is 0 Å². The average Bonchev–Trinajstić information content (AvgIpc) is 2.44. The fraction of sp³-hybridized carbons (Fsp3) is 0.714. The fourth-order valence-electron chi connectivity index (χ4n) is 2.04. The summed E-state index contributed by atoms with van der Waals surface area (Å²) in [6.45, 7) is 6.79. The molecule has 7 heteroatoms. The van der Waals surface area contributed by atoms with Crippen LogP contribution < -0.4 is 10.6 Å². The molecule has 1 atom stereocenters. The van der Waals surface area contributed by atoms with E-state index in [0.29, 0.717) is 12.5 Å². The molecule has 1 aromatic rings. The molecular weight excluding hydrogens is 270 g/mol. The molecule has 118 valence electrons. The molecule has 1 unspecified atom stereocenters. The first-order valence-corrected chi connectivity index (χ1v) is 7.60. The maximum atomic E-state index is 11.0. The minimum Gasteiger partial charge on any atom is -0.362 e. The maximum absolute atomic E-state index is 11.0. The number of aromatic nitrogens is 2. The molecule has 0 saturated heterocycles. The van der Waals surface area contributed by atoms with E-state index in [1.54, 1.807) is 0 Å². The van der Waals surface area contributed by atoms with Crippen LogP contribution in [0.4, 0.5) is 17.5 Å². The van der Waals surface area contributed by atoms with E-state index in [9.17, 15) is 10.1 Å². The van der Waals surface area contributed by atoms with Gasteiger partial charge < -0.3 is 10.6 Å². The Morgan fingerprint density at radius 2 is 2.10 bits per heavy atom. The smallest absolute Gasteiger partial charge is 0.329 e. The Labute approximate surface area is 125 Å². The van der Waals surface area contributed by atoms with E-state index in [4.69, 9.17) is 0 Å². The monoisotopic (exact) mass is 295 g/mol. The Kier molecular flexibility index (Phi) is 7.42. The predicted molar refractivity (Wildman–Crippen MR) is 84.7 cm³/mol. The fourth-order valence-corrected chi connectivity index (χ4v) is 2.04. The van der Waals surface area contributed by atoms with Crippen molar-refractivity contribution in [2.75, 3.05) is 17.2 Å². The lowest BCUT2D eigenvalue weighted by Crippen LogP contribution is -2.18. The molecule has 0 spiro atoms. The number of nitrogens with one attached hydrogen (secondary N) is 2. The minimum atomic E-state index is -0.456. The van der Waals surface area contributed by atoms with Gasteiger partial charge in [-0.15, -0.1) is 0 Å². The molecule has 21 heavy (non-hydrogen) atoms. The van der Waals surface area contributed by atoms with Gasteiger partial charge in [0.15, 0.2) is 0 Å². The molecule has 0 aliphatic carbocycles. The highest BCUT2D eigenvalue weighted by Gasteiger charge is 2.18. The number of nitro groups is 1. The molecule has 0 fully saturated rings. The van der Waals surface area contributed by atoms with Gasteiger partial charge >= 0.3 is 5.69 Å². The van der Waals surface area contributed by atoms with Gasteiger partial charge in [0.05, 0.1) is 4.92 Å². The summed E-state index contributed by atoms with van der Waals surface area (Å²) in [5, 5.41) is 17.1. The molecule has 0 aromatic carbocycles. The van der Waals surface area contributed by atoms with Crippen LogP contribution in [0, 0.1) is 10.1 Å². The van der Waals surface area contributed by atoms with Crippen LogP contribution in [0.1, 0.15) is 52.9 Å². The molecule has 0 aliphatic rings. The maximum Gasteiger partial charge on any atom is 0.329 e. The van der Waals surface area contributed by atoms with E-state index in [1.807, 2.05) is 13.8 Å². The first kappa shape index (κ1) is 17.1. The molecule has 0 aliphatic heterocycles. The van der Waals surface area contributed by atoms with Crippen LogP contribution in [0.15, 0.2) is 6.20 Å². The largest absolute Gasteiger partial charge is 0.362 e. The van der Waals surface area contributed by atoms with Crippen LogP contribution >= 0.6 is 0 Å². The third-order valence-electron chi connectivity index (χ3n) is 3.17. The number of rotatable bonds is 10. The molecule has 0 amide bonds. The quantitative estimate of drug-likeness (QED) is 0.389. The average molecular weight is 295 g/mol. The Bertz CT molecular complexity index is 453. The van der Waals surface area contributed by atoms with Gasteiger partial charge in [-0.25, -0.2) is 4.98 Å². The normalized spacial score (nSPS) is 12.0. The summed E-state index contributed by atoms with van der Waals surface area (Å²) in [6.07, 6.45) is 6.95. The van der Waals surface area contributed by atoms with Crippen molar-refractivity contribution in [3.63, 3.8) is 0 Å². The van der Waals surface area contributed by atoms with E-state index in [1.165, 1.54) is 25.5 Å². The molecule has 0 saturated carbocycles. The predicted octanol–water partition coefficient (Wildman–Crippen LogP) is 3.59. The second kappa shape index (κ2) is 9.10. The van der Waals surface area contributed by atoms with Crippen molar-refractivity contribution in [1.82, 2.24) is 9.97 Å². The lowest BCUT2D eigenvalue weighted by molar-refractivity contribution is -0.384. The van der Waals surface area contributed by atoms with Crippen LogP contribution in [0.5, 0.6) is 0 Å². The molecule has 1 heterocycles. The van der Waals surface area contributed by atoms with Crippen molar-refractivity contribution in [2.45, 2.75) is 58.9 Å². The molecule has 0 radical (unpaired) electrons. The van der Waals surface area contributed by atoms with E-state index < -0.39 is 4.92 Å². The highest BCUT2D eigenvalue weighted by Crippen LogP contribution is 2.23. The highest BCUT2D eigenvalue weighted by molar-refractivity contribution is 5.57. The molecule has 2 N–H and O–H groups in total. The minimum absolute atomic E-state index is 0.0861. The first-order valence-electron chi connectivity index (χ1n) is 7.60. The summed E-state index contributed by atoms with van der Waals surface area (Å²) in [4.78, 5) is 18.7. The number of unbranched alkanes of at least 4 members (excludes halogenated alkanes) is 3. The van der Waals surface area contributed by atoms with Crippen molar-refractivity contribution in [3.8, 4) is 0 Å². The highest BCUT2D eigenvalue weighted by atomic mass is 16.6. The zero-order chi connectivity index (χ0) is 15.7. The molecule has 7 nitrogen and oxygen atoms in total. The number of nitrogens with zero attached hydrogens (tertiary/aromatic N) is 3. The summed E-state index contributed by atoms with van der Waals surface area (Å²) in [5.74, 6) is 0.692. The summed E-state index contributed by atoms with van der Waals surface area (Å²) in [5.41, 5.74) is -0.0861. The van der Waals surface area contributed by atoms with E-state index in [-0.39, 0.29) is 17.5 Å². The third kappa shape index (κ3) is 5.93. The van der Waals surface area contributed by atoms with Crippen LogP contribution in [0.3, 0.4) is 0 Å². The number of hydrogen-bond donors (Lipinski definition) is 2. The first-order chi connectivity index (χ1) is 10.1. The van der Waals surface area contributed by atoms with Gasteiger partial charge in [0, 0.05) is 12.6 Å². The molecule has 1 aromatic heterocycles. The standard InChI is InChI=1S/C14H25N5O2/c1-4-6-7-8-9-11(3)17-13-12(19(20)21)10-16-14(18-13)15-5-2/h10-11H,4-9H2,1-3H3,(H2,15,16,17,18). The van der Waals surface area contributed by atoms with E-state index in [2.05, 4.69) is 27.5 Å². The van der Waals surface area contributed by atoms with Crippen molar-refractivity contribution >= 4 is 17.5 Å². The SMILES string of the molecule is CCCCCCC(C)Nc1nc(NCC)ncc1[N+](=O)[O-]. The third-order valence-corrected chi connectivity index (χ3v) is 3.17. The zero-order valence-electron chi connectivity index (χ0n) is 13.1. The second-order valence-corrected chi connectivity index (χ2v) is 5.11. The van der Waals surface area contributed by atoms with Gasteiger partial charge in [-0.2, -0.15) is 4.98 Å². The molecule has 1 rings (SSSR count). The Morgan fingerprint density at radius 1 is 1.33 bits per heavy atom. The summed E-state index contributed by atoms with van der Waals surface area (Å²) in [7, 11) is 0. The van der Waals surface area contributed by atoms with Crippen LogP contribution in [-0.4, -0.2) is 27.5 Å². The molecule has 0 bridgehead atoms. The van der Waals surface area contributed by atoms with Crippen LogP contribution in [0.25, 0.3) is 0 Å². The van der Waals surface area contributed by atoms with Gasteiger partial charge in [-0.05, 0) is 20.3 Å². The topological polar surface area (TPSA) is 93.0 Å². The van der Waals surface area contributed by atoms with Gasteiger partial charge in [-0.1, -0.05) is 32.6 Å². The molecular formula is C14H25N5O2. The zero-order valence-corrected chi connectivity index (χ0v) is 13.1. The Hall–Kier alpha value is -1.92.